The number of anilines is 1. The molecular weight excluding hydrogens is 302 g/mol. The zero-order chi connectivity index (χ0) is 16.9. The Kier molecular flexibility index (Phi) is 4.61. The minimum atomic E-state index is -0.167. The van der Waals surface area contributed by atoms with Gasteiger partial charge in [-0.3, -0.25) is 4.79 Å². The summed E-state index contributed by atoms with van der Waals surface area (Å²) in [6.07, 6.45) is 1.90. The number of benzene rings is 2. The lowest BCUT2D eigenvalue weighted by molar-refractivity contribution is 0.102. The van der Waals surface area contributed by atoms with Crippen LogP contribution in [0.5, 0.6) is 5.75 Å². The van der Waals surface area contributed by atoms with Gasteiger partial charge in [-0.25, -0.2) is 4.68 Å². The molecule has 2 aromatic carbocycles. The van der Waals surface area contributed by atoms with Crippen molar-refractivity contribution in [1.29, 1.82) is 0 Å². The minimum absolute atomic E-state index is 0.167. The van der Waals surface area contributed by atoms with Gasteiger partial charge in [0, 0.05) is 17.4 Å². The smallest absolute Gasteiger partial charge is 0.255 e. The van der Waals surface area contributed by atoms with E-state index in [-0.39, 0.29) is 5.91 Å². The van der Waals surface area contributed by atoms with Crippen molar-refractivity contribution in [2.75, 3.05) is 11.9 Å². The maximum absolute atomic E-state index is 12.3. The number of carbonyl (C=O) groups excluding carboxylic acids is 1. The van der Waals surface area contributed by atoms with Crippen molar-refractivity contribution in [3.8, 4) is 11.4 Å². The van der Waals surface area contributed by atoms with E-state index in [1.165, 1.54) is 0 Å². The molecule has 0 unspecified atom stereocenters. The number of amides is 1. The zero-order valence-corrected chi connectivity index (χ0v) is 13.7. The second-order valence-electron chi connectivity index (χ2n) is 5.36. The van der Waals surface area contributed by atoms with Crippen LogP contribution in [0.3, 0.4) is 0 Å². The van der Waals surface area contributed by atoms with Gasteiger partial charge in [-0.2, -0.15) is 5.10 Å². The zero-order valence-electron chi connectivity index (χ0n) is 13.7. The van der Waals surface area contributed by atoms with Crippen molar-refractivity contribution in [3.05, 3.63) is 72.1 Å². The van der Waals surface area contributed by atoms with Gasteiger partial charge in [-0.05, 0) is 62.4 Å². The number of carbonyl (C=O) groups is 1. The SMILES string of the molecule is CCOc1cccc(C(=O)Nc2ccc(-n3ccc(C)n3)cc2)c1. The average molecular weight is 321 g/mol. The standard InChI is InChI=1S/C19H19N3O2/c1-3-24-18-6-4-5-15(13-18)19(23)20-16-7-9-17(10-8-16)22-12-11-14(2)21-22/h4-13H,3H2,1-2H3,(H,20,23). The molecule has 5 nitrogen and oxygen atoms in total. The molecule has 1 aromatic heterocycles. The van der Waals surface area contributed by atoms with Crippen LogP contribution in [0.4, 0.5) is 5.69 Å². The van der Waals surface area contributed by atoms with E-state index in [2.05, 4.69) is 10.4 Å². The molecule has 1 amide bonds. The Morgan fingerprint density at radius 3 is 2.62 bits per heavy atom. The predicted octanol–water partition coefficient (Wildman–Crippen LogP) is 3.83. The lowest BCUT2D eigenvalue weighted by Crippen LogP contribution is -2.12. The first-order valence-corrected chi connectivity index (χ1v) is 7.82. The number of aryl methyl sites for hydroxylation is 1. The molecule has 1 heterocycles. The molecule has 0 bridgehead atoms. The maximum atomic E-state index is 12.3. The number of hydrogen-bond acceptors (Lipinski definition) is 3. The molecule has 0 radical (unpaired) electrons. The van der Waals surface area contributed by atoms with Crippen LogP contribution in [0.15, 0.2) is 60.8 Å². The quantitative estimate of drug-likeness (QED) is 0.777. The second-order valence-corrected chi connectivity index (χ2v) is 5.36. The molecule has 5 heteroatoms. The highest BCUT2D eigenvalue weighted by Crippen LogP contribution is 2.17. The van der Waals surface area contributed by atoms with Crippen molar-refractivity contribution >= 4 is 11.6 Å². The van der Waals surface area contributed by atoms with Gasteiger partial charge in [-0.1, -0.05) is 6.07 Å². The summed E-state index contributed by atoms with van der Waals surface area (Å²) in [5.74, 6) is 0.522. The largest absolute Gasteiger partial charge is 0.494 e. The summed E-state index contributed by atoms with van der Waals surface area (Å²) in [5, 5.41) is 7.25. The van der Waals surface area contributed by atoms with Crippen LogP contribution in [-0.2, 0) is 0 Å². The van der Waals surface area contributed by atoms with Gasteiger partial charge in [0.1, 0.15) is 5.75 Å². The van der Waals surface area contributed by atoms with Gasteiger partial charge in [0.15, 0.2) is 0 Å². The molecule has 3 aromatic rings. The van der Waals surface area contributed by atoms with Crippen LogP contribution >= 0.6 is 0 Å². The van der Waals surface area contributed by atoms with Gasteiger partial charge >= 0.3 is 0 Å². The highest BCUT2D eigenvalue weighted by molar-refractivity contribution is 6.04. The van der Waals surface area contributed by atoms with Gasteiger partial charge in [0.05, 0.1) is 18.0 Å². The molecule has 3 rings (SSSR count). The first-order chi connectivity index (χ1) is 11.7. The minimum Gasteiger partial charge on any atom is -0.494 e. The van der Waals surface area contributed by atoms with Crippen LogP contribution in [0.1, 0.15) is 23.0 Å². The maximum Gasteiger partial charge on any atom is 0.255 e. The van der Waals surface area contributed by atoms with E-state index >= 15 is 0 Å². The second kappa shape index (κ2) is 7.00. The number of nitrogens with zero attached hydrogens (tertiary/aromatic N) is 2. The van der Waals surface area contributed by atoms with Gasteiger partial charge < -0.3 is 10.1 Å². The predicted molar refractivity (Wildman–Crippen MR) is 93.9 cm³/mol. The molecule has 122 valence electrons. The van der Waals surface area contributed by atoms with E-state index in [9.17, 15) is 4.79 Å². The monoisotopic (exact) mass is 321 g/mol. The average Bonchev–Trinajstić information content (AvgIpc) is 3.02. The molecule has 1 N–H and O–H groups in total. The Labute approximate surface area is 140 Å². The molecule has 0 aliphatic heterocycles. The first kappa shape index (κ1) is 15.8. The number of hydrogen-bond donors (Lipinski definition) is 1. The summed E-state index contributed by atoms with van der Waals surface area (Å²) in [5.41, 5.74) is 3.20. The normalized spacial score (nSPS) is 10.4. The van der Waals surface area contributed by atoms with Gasteiger partial charge in [0.2, 0.25) is 0 Å². The molecule has 24 heavy (non-hydrogen) atoms. The summed E-state index contributed by atoms with van der Waals surface area (Å²) in [6, 6.07) is 16.6. The lowest BCUT2D eigenvalue weighted by atomic mass is 10.2. The third kappa shape index (κ3) is 3.63. The summed E-state index contributed by atoms with van der Waals surface area (Å²) >= 11 is 0. The number of aromatic nitrogens is 2. The summed E-state index contributed by atoms with van der Waals surface area (Å²) in [7, 11) is 0. The van der Waals surface area contributed by atoms with Crippen molar-refractivity contribution < 1.29 is 9.53 Å². The summed E-state index contributed by atoms with van der Waals surface area (Å²) in [4.78, 5) is 12.3. The Morgan fingerprint density at radius 2 is 1.96 bits per heavy atom. The van der Waals surface area contributed by atoms with Crippen LogP contribution < -0.4 is 10.1 Å². The van der Waals surface area contributed by atoms with Crippen molar-refractivity contribution in [3.63, 3.8) is 0 Å². The van der Waals surface area contributed by atoms with E-state index in [1.54, 1.807) is 16.8 Å². The van der Waals surface area contributed by atoms with Crippen LogP contribution in [-0.4, -0.2) is 22.3 Å². The Bertz CT molecular complexity index is 838. The van der Waals surface area contributed by atoms with E-state index in [0.29, 0.717) is 17.9 Å². The highest BCUT2D eigenvalue weighted by Gasteiger charge is 2.07. The van der Waals surface area contributed by atoms with Crippen LogP contribution in [0.25, 0.3) is 5.69 Å². The summed E-state index contributed by atoms with van der Waals surface area (Å²) in [6.45, 7) is 4.43. The first-order valence-electron chi connectivity index (χ1n) is 7.82. The third-order valence-electron chi connectivity index (χ3n) is 3.52. The van der Waals surface area contributed by atoms with Crippen molar-refractivity contribution in [1.82, 2.24) is 9.78 Å². The molecule has 0 spiro atoms. The van der Waals surface area contributed by atoms with Crippen molar-refractivity contribution in [2.24, 2.45) is 0 Å². The third-order valence-corrected chi connectivity index (χ3v) is 3.52. The molecular formula is C19H19N3O2. The molecule has 0 aliphatic rings. The molecule has 0 aliphatic carbocycles. The van der Waals surface area contributed by atoms with Crippen LogP contribution in [0.2, 0.25) is 0 Å². The fraction of sp³-hybridized carbons (Fsp3) is 0.158. The Hall–Kier alpha value is -3.08. The molecule has 0 saturated heterocycles. The topological polar surface area (TPSA) is 56.1 Å². The summed E-state index contributed by atoms with van der Waals surface area (Å²) < 4.78 is 7.22. The molecule has 0 atom stereocenters. The van der Waals surface area contributed by atoms with Crippen molar-refractivity contribution in [2.45, 2.75) is 13.8 Å². The Balaban J connectivity index is 1.71. The lowest BCUT2D eigenvalue weighted by Gasteiger charge is -2.08. The number of ether oxygens (including phenoxy) is 1. The van der Waals surface area contributed by atoms with E-state index in [1.807, 2.05) is 62.5 Å². The number of rotatable bonds is 5. The Morgan fingerprint density at radius 1 is 1.17 bits per heavy atom. The van der Waals surface area contributed by atoms with E-state index in [0.717, 1.165) is 17.1 Å². The van der Waals surface area contributed by atoms with E-state index in [4.69, 9.17) is 4.74 Å². The van der Waals surface area contributed by atoms with Gasteiger partial charge in [0.25, 0.3) is 5.91 Å². The van der Waals surface area contributed by atoms with Crippen LogP contribution in [0, 0.1) is 6.92 Å². The number of nitrogens with one attached hydrogen (secondary N) is 1. The molecule has 0 fully saturated rings. The highest BCUT2D eigenvalue weighted by atomic mass is 16.5. The molecule has 0 saturated carbocycles. The fourth-order valence-corrected chi connectivity index (χ4v) is 2.35. The van der Waals surface area contributed by atoms with E-state index < -0.39 is 0 Å². The fourth-order valence-electron chi connectivity index (χ4n) is 2.35. The van der Waals surface area contributed by atoms with Gasteiger partial charge in [-0.15, -0.1) is 0 Å².